The fourth-order valence-corrected chi connectivity index (χ4v) is 2.64. The van der Waals surface area contributed by atoms with Crippen molar-refractivity contribution in [2.24, 2.45) is 0 Å². The number of nitrogens with zero attached hydrogens (tertiary/aromatic N) is 1. The molecule has 5 nitrogen and oxygen atoms in total. The first-order valence-corrected chi connectivity index (χ1v) is 7.23. The van der Waals surface area contributed by atoms with Crippen LogP contribution < -0.4 is 5.32 Å². The molecule has 2 amide bonds. The van der Waals surface area contributed by atoms with Crippen LogP contribution in [-0.2, 0) is 14.3 Å². The van der Waals surface area contributed by atoms with Gasteiger partial charge in [0.25, 0.3) is 0 Å². The largest absolute Gasteiger partial charge is 0.380 e. The number of carbonyl (C=O) groups is 2. The van der Waals surface area contributed by atoms with Crippen LogP contribution in [0.3, 0.4) is 0 Å². The maximum Gasteiger partial charge on any atom is 0.246 e. The Balaban J connectivity index is 2.83. The molecule has 0 aromatic carbocycles. The van der Waals surface area contributed by atoms with E-state index in [4.69, 9.17) is 4.74 Å². The Bertz CT molecular complexity index is 327. The number of ether oxygens (including phenoxy) is 1. The number of hydrogen-bond acceptors (Lipinski definition) is 3. The molecule has 0 saturated carbocycles. The first-order chi connectivity index (χ1) is 9.03. The zero-order valence-corrected chi connectivity index (χ0v) is 12.5. The second kappa shape index (κ2) is 6.89. The number of amides is 2. The minimum absolute atomic E-state index is 0.0107. The summed E-state index contributed by atoms with van der Waals surface area (Å²) in [6, 6.07) is -0.440. The Labute approximate surface area is 115 Å². The van der Waals surface area contributed by atoms with E-state index in [1.165, 1.54) is 0 Å². The zero-order valence-electron chi connectivity index (χ0n) is 12.5. The van der Waals surface area contributed by atoms with E-state index < -0.39 is 11.6 Å². The lowest BCUT2D eigenvalue weighted by atomic mass is 9.86. The summed E-state index contributed by atoms with van der Waals surface area (Å²) in [6.45, 7) is 9.34. The molecule has 0 aromatic rings. The SMILES string of the molecule is CCCOCCN1C(=O)C(C)NC(=O)C1(CC)CC. The Kier molecular flexibility index (Phi) is 5.79. The Morgan fingerprint density at radius 2 is 1.84 bits per heavy atom. The van der Waals surface area contributed by atoms with Gasteiger partial charge in [0.1, 0.15) is 11.6 Å². The maximum atomic E-state index is 12.3. The van der Waals surface area contributed by atoms with Gasteiger partial charge in [-0.3, -0.25) is 9.59 Å². The molecule has 1 saturated heterocycles. The lowest BCUT2D eigenvalue weighted by molar-refractivity contribution is -0.158. The van der Waals surface area contributed by atoms with Crippen molar-refractivity contribution in [1.82, 2.24) is 10.2 Å². The molecular weight excluding hydrogens is 244 g/mol. The smallest absolute Gasteiger partial charge is 0.246 e. The summed E-state index contributed by atoms with van der Waals surface area (Å²) in [4.78, 5) is 26.3. The van der Waals surface area contributed by atoms with Gasteiger partial charge in [-0.05, 0) is 26.2 Å². The molecule has 0 aromatic heterocycles. The molecule has 0 radical (unpaired) electrons. The molecule has 1 unspecified atom stereocenters. The number of nitrogens with one attached hydrogen (secondary N) is 1. The average molecular weight is 270 g/mol. The number of carbonyl (C=O) groups excluding carboxylic acids is 2. The van der Waals surface area contributed by atoms with Gasteiger partial charge in [0, 0.05) is 13.2 Å². The normalized spacial score (nSPS) is 22.5. The van der Waals surface area contributed by atoms with Crippen LogP contribution in [-0.4, -0.2) is 48.1 Å². The van der Waals surface area contributed by atoms with Crippen LogP contribution >= 0.6 is 0 Å². The third kappa shape index (κ3) is 3.08. The number of rotatable bonds is 7. The topological polar surface area (TPSA) is 58.6 Å². The molecule has 1 aliphatic heterocycles. The summed E-state index contributed by atoms with van der Waals surface area (Å²) in [6.07, 6.45) is 2.21. The van der Waals surface area contributed by atoms with Crippen LogP contribution in [0.2, 0.25) is 0 Å². The maximum absolute atomic E-state index is 12.3. The molecular formula is C14H26N2O3. The lowest BCUT2D eigenvalue weighted by Crippen LogP contribution is -2.70. The zero-order chi connectivity index (χ0) is 14.5. The van der Waals surface area contributed by atoms with Crippen molar-refractivity contribution >= 4 is 11.8 Å². The minimum atomic E-state index is -0.709. The predicted octanol–water partition coefficient (Wildman–Crippen LogP) is 1.32. The van der Waals surface area contributed by atoms with Crippen LogP contribution in [0, 0.1) is 0 Å². The number of piperazine rings is 1. The van der Waals surface area contributed by atoms with Crippen molar-refractivity contribution in [2.45, 2.75) is 58.5 Å². The van der Waals surface area contributed by atoms with E-state index in [0.717, 1.165) is 6.42 Å². The first-order valence-electron chi connectivity index (χ1n) is 7.23. The molecule has 0 bridgehead atoms. The van der Waals surface area contributed by atoms with E-state index in [1.54, 1.807) is 11.8 Å². The highest BCUT2D eigenvalue weighted by molar-refractivity contribution is 5.99. The molecule has 1 N–H and O–H groups in total. The third-order valence-electron chi connectivity index (χ3n) is 3.90. The summed E-state index contributed by atoms with van der Waals surface area (Å²) in [7, 11) is 0. The highest BCUT2D eigenvalue weighted by Crippen LogP contribution is 2.28. The van der Waals surface area contributed by atoms with Gasteiger partial charge in [0.05, 0.1) is 6.61 Å². The van der Waals surface area contributed by atoms with Crippen molar-refractivity contribution in [1.29, 1.82) is 0 Å². The Morgan fingerprint density at radius 1 is 1.21 bits per heavy atom. The first kappa shape index (κ1) is 16.0. The van der Waals surface area contributed by atoms with Crippen molar-refractivity contribution in [3.8, 4) is 0 Å². The van der Waals surface area contributed by atoms with Crippen molar-refractivity contribution in [3.63, 3.8) is 0 Å². The summed E-state index contributed by atoms with van der Waals surface area (Å²) in [5, 5.41) is 2.78. The summed E-state index contributed by atoms with van der Waals surface area (Å²) >= 11 is 0. The van der Waals surface area contributed by atoms with Crippen LogP contribution in [0.15, 0.2) is 0 Å². The summed E-state index contributed by atoms with van der Waals surface area (Å²) < 4.78 is 5.46. The van der Waals surface area contributed by atoms with Crippen molar-refractivity contribution in [3.05, 3.63) is 0 Å². The molecule has 0 aliphatic carbocycles. The molecule has 1 heterocycles. The van der Waals surface area contributed by atoms with Gasteiger partial charge < -0.3 is 15.0 Å². The molecule has 1 fully saturated rings. The van der Waals surface area contributed by atoms with E-state index in [0.29, 0.717) is 32.6 Å². The van der Waals surface area contributed by atoms with Gasteiger partial charge in [-0.2, -0.15) is 0 Å². The molecule has 110 valence electrons. The predicted molar refractivity (Wildman–Crippen MR) is 73.7 cm³/mol. The van der Waals surface area contributed by atoms with Crippen molar-refractivity contribution < 1.29 is 14.3 Å². The van der Waals surface area contributed by atoms with Crippen LogP contribution in [0.4, 0.5) is 0 Å². The van der Waals surface area contributed by atoms with Gasteiger partial charge in [-0.15, -0.1) is 0 Å². The molecule has 1 atom stereocenters. The fraction of sp³-hybridized carbons (Fsp3) is 0.857. The van der Waals surface area contributed by atoms with Gasteiger partial charge in [-0.25, -0.2) is 0 Å². The minimum Gasteiger partial charge on any atom is -0.380 e. The highest BCUT2D eigenvalue weighted by atomic mass is 16.5. The summed E-state index contributed by atoms with van der Waals surface area (Å²) in [5.41, 5.74) is -0.709. The van der Waals surface area contributed by atoms with Crippen LogP contribution in [0.25, 0.3) is 0 Å². The average Bonchev–Trinajstić information content (AvgIpc) is 2.40. The van der Waals surface area contributed by atoms with Crippen LogP contribution in [0.5, 0.6) is 0 Å². The Hall–Kier alpha value is -1.10. The third-order valence-corrected chi connectivity index (χ3v) is 3.90. The van der Waals surface area contributed by atoms with Crippen molar-refractivity contribution in [2.75, 3.05) is 19.8 Å². The second-order valence-corrected chi connectivity index (χ2v) is 5.04. The highest BCUT2D eigenvalue weighted by Gasteiger charge is 2.48. The van der Waals surface area contributed by atoms with Gasteiger partial charge in [-0.1, -0.05) is 20.8 Å². The van der Waals surface area contributed by atoms with Gasteiger partial charge >= 0.3 is 0 Å². The monoisotopic (exact) mass is 270 g/mol. The molecule has 0 spiro atoms. The second-order valence-electron chi connectivity index (χ2n) is 5.04. The fourth-order valence-electron chi connectivity index (χ4n) is 2.64. The lowest BCUT2D eigenvalue weighted by Gasteiger charge is -2.47. The van der Waals surface area contributed by atoms with E-state index in [2.05, 4.69) is 5.32 Å². The van der Waals surface area contributed by atoms with E-state index in [1.807, 2.05) is 20.8 Å². The van der Waals surface area contributed by atoms with Crippen LogP contribution in [0.1, 0.15) is 47.0 Å². The van der Waals surface area contributed by atoms with E-state index >= 15 is 0 Å². The molecule has 19 heavy (non-hydrogen) atoms. The summed E-state index contributed by atoms with van der Waals surface area (Å²) in [5.74, 6) is -0.0523. The van der Waals surface area contributed by atoms with E-state index in [-0.39, 0.29) is 11.8 Å². The van der Waals surface area contributed by atoms with E-state index in [9.17, 15) is 9.59 Å². The number of hydrogen-bond donors (Lipinski definition) is 1. The Morgan fingerprint density at radius 3 is 2.37 bits per heavy atom. The van der Waals surface area contributed by atoms with Gasteiger partial charge in [0.15, 0.2) is 0 Å². The standard InChI is InChI=1S/C14H26N2O3/c1-5-9-19-10-8-16-12(17)11(4)15-13(18)14(16,6-2)7-3/h11H,5-10H2,1-4H3,(H,15,18). The molecule has 5 heteroatoms. The molecule has 1 aliphatic rings. The van der Waals surface area contributed by atoms with Gasteiger partial charge in [0.2, 0.25) is 11.8 Å². The quantitative estimate of drug-likeness (QED) is 0.710. The molecule has 1 rings (SSSR count).